The lowest BCUT2D eigenvalue weighted by molar-refractivity contribution is 0.205. The van der Waals surface area contributed by atoms with Gasteiger partial charge in [0, 0.05) is 11.3 Å². The van der Waals surface area contributed by atoms with Gasteiger partial charge in [-0.2, -0.15) is 12.6 Å². The first-order chi connectivity index (χ1) is 4.20. The van der Waals surface area contributed by atoms with Gasteiger partial charge in [-0.15, -0.1) is 0 Å². The monoisotopic (exact) mass is 145 g/mol. The number of hydrogen-bond donors (Lipinski definition) is 1. The third-order valence-corrected chi connectivity index (χ3v) is 2.65. The molecule has 1 aliphatic rings. The fourth-order valence-electron chi connectivity index (χ4n) is 1.26. The van der Waals surface area contributed by atoms with E-state index in [1.54, 1.807) is 0 Å². The van der Waals surface area contributed by atoms with Crippen LogP contribution in [0.1, 0.15) is 19.8 Å². The van der Waals surface area contributed by atoms with Gasteiger partial charge in [-0.1, -0.05) is 0 Å². The van der Waals surface area contributed by atoms with Crippen LogP contribution in [0.2, 0.25) is 0 Å². The van der Waals surface area contributed by atoms with Gasteiger partial charge >= 0.3 is 0 Å². The van der Waals surface area contributed by atoms with Crippen molar-refractivity contribution in [2.45, 2.75) is 31.1 Å². The molecule has 0 amide bonds. The molecule has 2 unspecified atom stereocenters. The average molecular weight is 145 g/mol. The summed E-state index contributed by atoms with van der Waals surface area (Å²) in [6, 6.07) is 0.737. The minimum atomic E-state index is 0.649. The molecule has 2 heteroatoms. The summed E-state index contributed by atoms with van der Waals surface area (Å²) < 4.78 is 0. The molecule has 0 aromatic carbocycles. The number of nitrogens with zero attached hydrogens (tertiary/aromatic N) is 1. The molecule has 2 atom stereocenters. The summed E-state index contributed by atoms with van der Waals surface area (Å²) in [6.07, 6.45) is 2.50. The Bertz CT molecular complexity index is 94.9. The Morgan fingerprint density at radius 2 is 2.22 bits per heavy atom. The predicted molar refractivity (Wildman–Crippen MR) is 44.1 cm³/mol. The van der Waals surface area contributed by atoms with E-state index >= 15 is 0 Å². The Labute approximate surface area is 62.8 Å². The Morgan fingerprint density at radius 3 is 2.67 bits per heavy atom. The molecular weight excluding hydrogens is 130 g/mol. The van der Waals surface area contributed by atoms with Gasteiger partial charge in [0.05, 0.1) is 0 Å². The molecule has 1 heterocycles. The number of rotatable bonds is 0. The van der Waals surface area contributed by atoms with Crippen LogP contribution in [0.4, 0.5) is 0 Å². The standard InChI is InChI=1S/C7H15NS/c1-6-5-7(9)3-4-8(6)2/h6-7,9H,3-5H2,1-2H3. The molecule has 0 spiro atoms. The molecule has 0 radical (unpaired) electrons. The minimum Gasteiger partial charge on any atom is -0.304 e. The Kier molecular flexibility index (Phi) is 2.42. The molecule has 9 heavy (non-hydrogen) atoms. The van der Waals surface area contributed by atoms with Crippen molar-refractivity contribution in [3.05, 3.63) is 0 Å². The maximum absolute atomic E-state index is 4.43. The van der Waals surface area contributed by atoms with Gasteiger partial charge in [0.25, 0.3) is 0 Å². The maximum Gasteiger partial charge on any atom is 0.00743 e. The predicted octanol–water partition coefficient (Wildman–Crippen LogP) is 1.40. The van der Waals surface area contributed by atoms with Gasteiger partial charge in [-0.3, -0.25) is 0 Å². The fraction of sp³-hybridized carbons (Fsp3) is 1.00. The van der Waals surface area contributed by atoms with Gasteiger partial charge in [-0.25, -0.2) is 0 Å². The van der Waals surface area contributed by atoms with Crippen LogP contribution in [-0.2, 0) is 0 Å². The van der Waals surface area contributed by atoms with E-state index in [1.165, 1.54) is 19.4 Å². The molecule has 0 N–H and O–H groups in total. The van der Waals surface area contributed by atoms with Crippen molar-refractivity contribution in [1.29, 1.82) is 0 Å². The summed E-state index contributed by atoms with van der Waals surface area (Å²) in [5, 5.41) is 0.649. The topological polar surface area (TPSA) is 3.24 Å². The molecule has 0 aromatic rings. The van der Waals surface area contributed by atoms with E-state index in [4.69, 9.17) is 0 Å². The number of hydrogen-bond acceptors (Lipinski definition) is 2. The van der Waals surface area contributed by atoms with Gasteiger partial charge in [0.1, 0.15) is 0 Å². The molecule has 0 aliphatic carbocycles. The second-order valence-electron chi connectivity index (χ2n) is 3.01. The van der Waals surface area contributed by atoms with E-state index in [-0.39, 0.29) is 0 Å². The summed E-state index contributed by atoms with van der Waals surface area (Å²) in [4.78, 5) is 2.40. The van der Waals surface area contributed by atoms with Gasteiger partial charge in [0.15, 0.2) is 0 Å². The van der Waals surface area contributed by atoms with E-state index in [0.717, 1.165) is 6.04 Å². The van der Waals surface area contributed by atoms with Crippen molar-refractivity contribution in [1.82, 2.24) is 4.90 Å². The third kappa shape index (κ3) is 1.87. The minimum absolute atomic E-state index is 0.649. The first kappa shape index (κ1) is 7.42. The molecule has 54 valence electrons. The van der Waals surface area contributed by atoms with Crippen molar-refractivity contribution in [2.75, 3.05) is 13.6 Å². The van der Waals surface area contributed by atoms with Crippen LogP contribution in [0.25, 0.3) is 0 Å². The van der Waals surface area contributed by atoms with E-state index in [1.807, 2.05) is 0 Å². The van der Waals surface area contributed by atoms with E-state index < -0.39 is 0 Å². The fourth-order valence-corrected chi connectivity index (χ4v) is 1.69. The van der Waals surface area contributed by atoms with Crippen molar-refractivity contribution in [3.63, 3.8) is 0 Å². The zero-order valence-electron chi connectivity index (χ0n) is 6.17. The third-order valence-electron chi connectivity index (χ3n) is 2.18. The van der Waals surface area contributed by atoms with Crippen LogP contribution in [0, 0.1) is 0 Å². The van der Waals surface area contributed by atoms with Crippen molar-refractivity contribution < 1.29 is 0 Å². The highest BCUT2D eigenvalue weighted by Gasteiger charge is 2.19. The lowest BCUT2D eigenvalue weighted by Crippen LogP contribution is -2.38. The van der Waals surface area contributed by atoms with Gasteiger partial charge in [0.2, 0.25) is 0 Å². The van der Waals surface area contributed by atoms with Crippen LogP contribution in [-0.4, -0.2) is 29.8 Å². The number of piperidine rings is 1. The van der Waals surface area contributed by atoms with E-state index in [9.17, 15) is 0 Å². The second kappa shape index (κ2) is 2.93. The first-order valence-corrected chi connectivity index (χ1v) is 4.10. The molecule has 0 aromatic heterocycles. The van der Waals surface area contributed by atoms with Crippen LogP contribution < -0.4 is 0 Å². The largest absolute Gasteiger partial charge is 0.304 e. The van der Waals surface area contributed by atoms with Gasteiger partial charge in [-0.05, 0) is 33.4 Å². The summed E-state index contributed by atoms with van der Waals surface area (Å²) in [5.74, 6) is 0. The molecule has 1 saturated heterocycles. The van der Waals surface area contributed by atoms with Crippen LogP contribution >= 0.6 is 12.6 Å². The maximum atomic E-state index is 4.43. The molecule has 0 saturated carbocycles. The highest BCUT2D eigenvalue weighted by molar-refractivity contribution is 7.80. The van der Waals surface area contributed by atoms with Crippen LogP contribution in [0.15, 0.2) is 0 Å². The highest BCUT2D eigenvalue weighted by Crippen LogP contribution is 2.18. The SMILES string of the molecule is CC1CC(S)CCN1C. The lowest BCUT2D eigenvalue weighted by Gasteiger charge is -2.32. The van der Waals surface area contributed by atoms with Crippen molar-refractivity contribution >= 4 is 12.6 Å². The molecule has 1 nitrogen and oxygen atoms in total. The zero-order chi connectivity index (χ0) is 6.85. The average Bonchev–Trinajstić information content (AvgIpc) is 1.80. The summed E-state index contributed by atoms with van der Waals surface area (Å²) >= 11 is 4.43. The summed E-state index contributed by atoms with van der Waals surface area (Å²) in [5.41, 5.74) is 0. The van der Waals surface area contributed by atoms with E-state index in [0.29, 0.717) is 5.25 Å². The first-order valence-electron chi connectivity index (χ1n) is 3.58. The Morgan fingerprint density at radius 1 is 1.56 bits per heavy atom. The van der Waals surface area contributed by atoms with Crippen LogP contribution in [0.5, 0.6) is 0 Å². The smallest absolute Gasteiger partial charge is 0.00743 e. The van der Waals surface area contributed by atoms with Gasteiger partial charge < -0.3 is 4.90 Å². The number of thiol groups is 1. The molecule has 1 rings (SSSR count). The second-order valence-corrected chi connectivity index (χ2v) is 3.74. The quantitative estimate of drug-likeness (QED) is 0.504. The van der Waals surface area contributed by atoms with E-state index in [2.05, 4.69) is 31.5 Å². The zero-order valence-corrected chi connectivity index (χ0v) is 7.06. The summed E-state index contributed by atoms with van der Waals surface area (Å²) in [7, 11) is 2.18. The molecule has 1 fully saturated rings. The highest BCUT2D eigenvalue weighted by atomic mass is 32.1. The molecular formula is C7H15NS. The normalized spacial score (nSPS) is 39.0. The lowest BCUT2D eigenvalue weighted by atomic mass is 10.0. The van der Waals surface area contributed by atoms with Crippen molar-refractivity contribution in [2.24, 2.45) is 0 Å². The Hall–Kier alpha value is 0.310. The molecule has 1 aliphatic heterocycles. The number of likely N-dealkylation sites (tertiary alicyclic amines) is 1. The Balaban J connectivity index is 2.35. The summed E-state index contributed by atoms with van der Waals surface area (Å²) in [6.45, 7) is 3.48. The van der Waals surface area contributed by atoms with Crippen LogP contribution in [0.3, 0.4) is 0 Å². The molecule has 0 bridgehead atoms. The van der Waals surface area contributed by atoms with Crippen molar-refractivity contribution in [3.8, 4) is 0 Å².